The first-order chi connectivity index (χ1) is 7.17. The van der Waals surface area contributed by atoms with Gasteiger partial charge in [-0.05, 0) is 18.3 Å². The third-order valence-electron chi connectivity index (χ3n) is 3.33. The summed E-state index contributed by atoms with van der Waals surface area (Å²) < 4.78 is 10.3. The fourth-order valence-electron chi connectivity index (χ4n) is 2.25. The van der Waals surface area contributed by atoms with Gasteiger partial charge >= 0.3 is 0 Å². The van der Waals surface area contributed by atoms with Gasteiger partial charge in [-0.15, -0.1) is 0 Å². The van der Waals surface area contributed by atoms with Crippen LogP contribution in [-0.4, -0.2) is 39.5 Å². The summed E-state index contributed by atoms with van der Waals surface area (Å²) in [5, 5.41) is 3.58. The minimum absolute atomic E-state index is 0.465. The molecule has 0 aromatic heterocycles. The largest absolute Gasteiger partial charge is 0.382 e. The predicted molar refractivity (Wildman–Crippen MR) is 62.1 cm³/mol. The SMILES string of the molecule is COCCOCCNC1CCCC1(C)C. The molecule has 15 heavy (non-hydrogen) atoms. The lowest BCUT2D eigenvalue weighted by atomic mass is 9.87. The van der Waals surface area contributed by atoms with Crippen LogP contribution < -0.4 is 5.32 Å². The van der Waals surface area contributed by atoms with Crippen LogP contribution in [0.3, 0.4) is 0 Å². The Balaban J connectivity index is 2.00. The Kier molecular flexibility index (Phi) is 5.58. The lowest BCUT2D eigenvalue weighted by molar-refractivity contribution is 0.0696. The van der Waals surface area contributed by atoms with Gasteiger partial charge in [-0.3, -0.25) is 0 Å². The number of hydrogen-bond acceptors (Lipinski definition) is 3. The Morgan fingerprint density at radius 1 is 1.27 bits per heavy atom. The van der Waals surface area contributed by atoms with Gasteiger partial charge in [0.05, 0.1) is 19.8 Å². The number of nitrogens with one attached hydrogen (secondary N) is 1. The van der Waals surface area contributed by atoms with E-state index in [1.807, 2.05) is 0 Å². The van der Waals surface area contributed by atoms with Crippen LogP contribution in [0.25, 0.3) is 0 Å². The first-order valence-corrected chi connectivity index (χ1v) is 5.97. The molecule has 0 radical (unpaired) electrons. The van der Waals surface area contributed by atoms with Crippen molar-refractivity contribution in [1.82, 2.24) is 5.32 Å². The van der Waals surface area contributed by atoms with Gasteiger partial charge in [0.25, 0.3) is 0 Å². The van der Waals surface area contributed by atoms with E-state index in [-0.39, 0.29) is 0 Å². The molecule has 0 aromatic carbocycles. The quantitative estimate of drug-likeness (QED) is 0.657. The average molecular weight is 215 g/mol. The van der Waals surface area contributed by atoms with E-state index in [0.717, 1.165) is 13.2 Å². The van der Waals surface area contributed by atoms with Crippen molar-refractivity contribution in [2.45, 2.75) is 39.2 Å². The number of rotatable bonds is 7. The van der Waals surface area contributed by atoms with E-state index in [4.69, 9.17) is 9.47 Å². The molecule has 1 N–H and O–H groups in total. The smallest absolute Gasteiger partial charge is 0.0700 e. The summed E-state index contributed by atoms with van der Waals surface area (Å²) in [4.78, 5) is 0. The molecule has 3 heteroatoms. The highest BCUT2D eigenvalue weighted by Gasteiger charge is 2.33. The van der Waals surface area contributed by atoms with Crippen LogP contribution in [0.4, 0.5) is 0 Å². The maximum Gasteiger partial charge on any atom is 0.0700 e. The lowest BCUT2D eigenvalue weighted by Gasteiger charge is -2.27. The summed E-state index contributed by atoms with van der Waals surface area (Å²) in [7, 11) is 1.70. The summed E-state index contributed by atoms with van der Waals surface area (Å²) in [6.45, 7) is 7.84. The Hall–Kier alpha value is -0.120. The fraction of sp³-hybridized carbons (Fsp3) is 1.00. The summed E-state index contributed by atoms with van der Waals surface area (Å²) >= 11 is 0. The van der Waals surface area contributed by atoms with Gasteiger partial charge in [0, 0.05) is 19.7 Å². The van der Waals surface area contributed by atoms with Crippen molar-refractivity contribution in [2.24, 2.45) is 5.41 Å². The minimum Gasteiger partial charge on any atom is -0.382 e. The number of hydrogen-bond donors (Lipinski definition) is 1. The van der Waals surface area contributed by atoms with Gasteiger partial charge < -0.3 is 14.8 Å². The highest BCUT2D eigenvalue weighted by Crippen LogP contribution is 2.36. The van der Waals surface area contributed by atoms with Crippen LogP contribution in [0.1, 0.15) is 33.1 Å². The highest BCUT2D eigenvalue weighted by molar-refractivity contribution is 4.89. The first-order valence-electron chi connectivity index (χ1n) is 5.97. The zero-order chi connectivity index (χ0) is 11.1. The summed E-state index contributed by atoms with van der Waals surface area (Å²) in [6.07, 6.45) is 4.01. The monoisotopic (exact) mass is 215 g/mol. The maximum absolute atomic E-state index is 5.41. The minimum atomic E-state index is 0.465. The third-order valence-corrected chi connectivity index (χ3v) is 3.33. The van der Waals surface area contributed by atoms with Crippen LogP contribution >= 0.6 is 0 Å². The van der Waals surface area contributed by atoms with E-state index in [1.165, 1.54) is 19.3 Å². The zero-order valence-electron chi connectivity index (χ0n) is 10.3. The van der Waals surface area contributed by atoms with E-state index < -0.39 is 0 Å². The summed E-state index contributed by atoms with van der Waals surface area (Å²) in [5.41, 5.74) is 0.465. The Labute approximate surface area is 93.5 Å². The van der Waals surface area contributed by atoms with Crippen LogP contribution in [-0.2, 0) is 9.47 Å². The molecule has 1 atom stereocenters. The molecule has 90 valence electrons. The van der Waals surface area contributed by atoms with Gasteiger partial charge in [-0.2, -0.15) is 0 Å². The summed E-state index contributed by atoms with van der Waals surface area (Å²) in [5.74, 6) is 0. The molecule has 1 saturated carbocycles. The summed E-state index contributed by atoms with van der Waals surface area (Å²) in [6, 6.07) is 0.670. The van der Waals surface area contributed by atoms with E-state index in [0.29, 0.717) is 24.7 Å². The van der Waals surface area contributed by atoms with Crippen molar-refractivity contribution in [3.63, 3.8) is 0 Å². The van der Waals surface area contributed by atoms with Crippen molar-refractivity contribution in [2.75, 3.05) is 33.5 Å². The lowest BCUT2D eigenvalue weighted by Crippen LogP contribution is -2.39. The highest BCUT2D eigenvalue weighted by atomic mass is 16.5. The molecule has 0 bridgehead atoms. The van der Waals surface area contributed by atoms with Gasteiger partial charge in [0.1, 0.15) is 0 Å². The second-order valence-corrected chi connectivity index (χ2v) is 4.99. The van der Waals surface area contributed by atoms with Crippen LogP contribution in [0.5, 0.6) is 0 Å². The molecule has 0 aromatic rings. The van der Waals surface area contributed by atoms with E-state index in [9.17, 15) is 0 Å². The van der Waals surface area contributed by atoms with E-state index >= 15 is 0 Å². The molecule has 0 saturated heterocycles. The van der Waals surface area contributed by atoms with Crippen molar-refractivity contribution < 1.29 is 9.47 Å². The first kappa shape index (κ1) is 12.9. The van der Waals surface area contributed by atoms with Crippen LogP contribution in [0, 0.1) is 5.41 Å². The third kappa shape index (κ3) is 4.49. The number of methoxy groups -OCH3 is 1. The van der Waals surface area contributed by atoms with Gasteiger partial charge in [-0.25, -0.2) is 0 Å². The van der Waals surface area contributed by atoms with E-state index in [2.05, 4.69) is 19.2 Å². The van der Waals surface area contributed by atoms with Crippen molar-refractivity contribution in [3.8, 4) is 0 Å². The van der Waals surface area contributed by atoms with Crippen molar-refractivity contribution in [3.05, 3.63) is 0 Å². The number of ether oxygens (including phenoxy) is 2. The van der Waals surface area contributed by atoms with Gasteiger partial charge in [-0.1, -0.05) is 20.3 Å². The molecule has 1 aliphatic rings. The molecule has 0 amide bonds. The molecule has 3 nitrogen and oxygen atoms in total. The molecule has 1 aliphatic carbocycles. The van der Waals surface area contributed by atoms with Crippen LogP contribution in [0.2, 0.25) is 0 Å². The Morgan fingerprint density at radius 3 is 2.67 bits per heavy atom. The molecule has 1 unspecified atom stereocenters. The van der Waals surface area contributed by atoms with Crippen molar-refractivity contribution >= 4 is 0 Å². The molecular formula is C12H25NO2. The maximum atomic E-state index is 5.41. The standard InChI is InChI=1S/C12H25NO2/c1-12(2)6-4-5-11(12)13-7-8-15-10-9-14-3/h11,13H,4-10H2,1-3H3. The topological polar surface area (TPSA) is 30.5 Å². The van der Waals surface area contributed by atoms with Crippen molar-refractivity contribution in [1.29, 1.82) is 0 Å². The molecule has 1 rings (SSSR count). The molecule has 1 fully saturated rings. The van der Waals surface area contributed by atoms with Crippen LogP contribution in [0.15, 0.2) is 0 Å². The Morgan fingerprint density at radius 2 is 2.07 bits per heavy atom. The van der Waals surface area contributed by atoms with E-state index in [1.54, 1.807) is 7.11 Å². The average Bonchev–Trinajstić information content (AvgIpc) is 2.52. The Bertz CT molecular complexity index is 171. The van der Waals surface area contributed by atoms with Gasteiger partial charge in [0.15, 0.2) is 0 Å². The molecule has 0 heterocycles. The predicted octanol–water partition coefficient (Wildman–Crippen LogP) is 1.82. The molecular weight excluding hydrogens is 190 g/mol. The second kappa shape index (κ2) is 6.46. The molecule has 0 aliphatic heterocycles. The normalized spacial score (nSPS) is 24.6. The molecule has 0 spiro atoms. The van der Waals surface area contributed by atoms with Gasteiger partial charge in [0.2, 0.25) is 0 Å². The second-order valence-electron chi connectivity index (χ2n) is 4.99. The zero-order valence-corrected chi connectivity index (χ0v) is 10.3. The fourth-order valence-corrected chi connectivity index (χ4v) is 2.25.